The van der Waals surface area contributed by atoms with Gasteiger partial charge in [0.15, 0.2) is 0 Å². The number of morpholine rings is 1. The summed E-state index contributed by atoms with van der Waals surface area (Å²) in [5, 5.41) is 0. The predicted octanol–water partition coefficient (Wildman–Crippen LogP) is 1.02. The molecule has 0 spiro atoms. The van der Waals surface area contributed by atoms with E-state index in [0.29, 0.717) is 6.61 Å². The van der Waals surface area contributed by atoms with Gasteiger partial charge < -0.3 is 9.64 Å². The number of amides is 1. The molecule has 0 bridgehead atoms. The molecule has 0 aliphatic carbocycles. The number of halogens is 1. The fourth-order valence-corrected chi connectivity index (χ4v) is 1.56. The summed E-state index contributed by atoms with van der Waals surface area (Å²) >= 11 is 3.26. The van der Waals surface area contributed by atoms with Gasteiger partial charge in [0.2, 0.25) is 5.91 Å². The van der Waals surface area contributed by atoms with E-state index in [-0.39, 0.29) is 16.8 Å². The zero-order valence-electron chi connectivity index (χ0n) is 7.42. The molecule has 1 amide bonds. The van der Waals surface area contributed by atoms with Crippen LogP contribution in [0.15, 0.2) is 0 Å². The van der Waals surface area contributed by atoms with E-state index in [4.69, 9.17) is 4.74 Å². The average Bonchev–Trinajstić information content (AvgIpc) is 2.03. The topological polar surface area (TPSA) is 29.5 Å². The first-order valence-electron chi connectivity index (χ1n) is 4.15. The molecule has 1 aliphatic rings. The van der Waals surface area contributed by atoms with Crippen LogP contribution in [0.5, 0.6) is 0 Å². The smallest absolute Gasteiger partial charge is 0.236 e. The number of alkyl halides is 1. The Bertz CT molecular complexity index is 172. The molecule has 2 unspecified atom stereocenters. The van der Waals surface area contributed by atoms with Crippen molar-refractivity contribution < 1.29 is 9.53 Å². The van der Waals surface area contributed by atoms with Crippen molar-refractivity contribution in [2.75, 3.05) is 19.7 Å². The van der Waals surface area contributed by atoms with Gasteiger partial charge in [-0.15, -0.1) is 0 Å². The number of carbonyl (C=O) groups is 1. The lowest BCUT2D eigenvalue weighted by Crippen LogP contribution is -2.46. The van der Waals surface area contributed by atoms with Gasteiger partial charge in [0.25, 0.3) is 0 Å². The van der Waals surface area contributed by atoms with Crippen molar-refractivity contribution in [2.45, 2.75) is 24.8 Å². The first-order chi connectivity index (χ1) is 5.61. The van der Waals surface area contributed by atoms with Gasteiger partial charge in [-0.3, -0.25) is 4.79 Å². The zero-order valence-corrected chi connectivity index (χ0v) is 9.00. The highest BCUT2D eigenvalue weighted by atomic mass is 79.9. The maximum Gasteiger partial charge on any atom is 0.236 e. The minimum Gasteiger partial charge on any atom is -0.375 e. The van der Waals surface area contributed by atoms with Gasteiger partial charge in [-0.25, -0.2) is 0 Å². The third kappa shape index (κ3) is 2.45. The van der Waals surface area contributed by atoms with Crippen molar-refractivity contribution >= 4 is 21.8 Å². The summed E-state index contributed by atoms with van der Waals surface area (Å²) in [5.74, 6) is 0.158. The monoisotopic (exact) mass is 235 g/mol. The molecule has 0 aromatic heterocycles. The Balaban J connectivity index is 2.46. The fraction of sp³-hybridized carbons (Fsp3) is 0.875. The molecule has 0 saturated carbocycles. The first-order valence-corrected chi connectivity index (χ1v) is 5.07. The van der Waals surface area contributed by atoms with Gasteiger partial charge in [0.05, 0.1) is 17.5 Å². The Morgan fingerprint density at radius 3 is 2.92 bits per heavy atom. The predicted molar refractivity (Wildman–Crippen MR) is 50.4 cm³/mol. The van der Waals surface area contributed by atoms with Crippen molar-refractivity contribution in [2.24, 2.45) is 0 Å². The van der Waals surface area contributed by atoms with Crippen LogP contribution in [0.25, 0.3) is 0 Å². The SMILES string of the molecule is CC1CN(C(=O)C(C)Br)CCO1. The minimum atomic E-state index is -0.0807. The second-order valence-electron chi connectivity index (χ2n) is 3.08. The number of hydrogen-bond donors (Lipinski definition) is 0. The summed E-state index contributed by atoms with van der Waals surface area (Å²) in [6, 6.07) is 0. The number of ether oxygens (including phenoxy) is 1. The van der Waals surface area contributed by atoms with E-state index < -0.39 is 0 Å². The molecule has 1 aliphatic heterocycles. The van der Waals surface area contributed by atoms with Crippen molar-refractivity contribution in [3.63, 3.8) is 0 Å². The molecule has 0 aromatic rings. The van der Waals surface area contributed by atoms with Crippen LogP contribution in [-0.4, -0.2) is 41.4 Å². The van der Waals surface area contributed by atoms with E-state index in [9.17, 15) is 4.79 Å². The first kappa shape index (κ1) is 9.99. The Kier molecular flexibility index (Phi) is 3.53. The van der Waals surface area contributed by atoms with Crippen LogP contribution < -0.4 is 0 Å². The van der Waals surface area contributed by atoms with Gasteiger partial charge in [0.1, 0.15) is 0 Å². The molecular formula is C8H14BrNO2. The van der Waals surface area contributed by atoms with Crippen LogP contribution in [0.3, 0.4) is 0 Å². The molecule has 2 atom stereocenters. The lowest BCUT2D eigenvalue weighted by atomic mass is 10.3. The summed E-state index contributed by atoms with van der Waals surface area (Å²) in [6.07, 6.45) is 0.175. The largest absolute Gasteiger partial charge is 0.375 e. The Morgan fingerprint density at radius 2 is 2.42 bits per heavy atom. The zero-order chi connectivity index (χ0) is 9.14. The molecule has 1 fully saturated rings. The van der Waals surface area contributed by atoms with Crippen LogP contribution in [0.4, 0.5) is 0 Å². The normalized spacial score (nSPS) is 26.9. The third-order valence-electron chi connectivity index (χ3n) is 1.89. The number of carbonyl (C=O) groups excluding carboxylic acids is 1. The molecule has 0 N–H and O–H groups in total. The van der Waals surface area contributed by atoms with Gasteiger partial charge in [-0.1, -0.05) is 15.9 Å². The molecule has 1 rings (SSSR count). The molecular weight excluding hydrogens is 222 g/mol. The molecule has 0 aromatic carbocycles. The maximum absolute atomic E-state index is 11.5. The van der Waals surface area contributed by atoms with E-state index >= 15 is 0 Å². The van der Waals surface area contributed by atoms with E-state index in [1.165, 1.54) is 0 Å². The molecule has 1 heterocycles. The van der Waals surface area contributed by atoms with E-state index in [0.717, 1.165) is 13.1 Å². The molecule has 4 heteroatoms. The van der Waals surface area contributed by atoms with Crippen molar-refractivity contribution in [1.29, 1.82) is 0 Å². The molecule has 0 radical (unpaired) electrons. The summed E-state index contributed by atoms with van der Waals surface area (Å²) in [5.41, 5.74) is 0. The Morgan fingerprint density at radius 1 is 1.75 bits per heavy atom. The second-order valence-corrected chi connectivity index (χ2v) is 4.46. The fourth-order valence-electron chi connectivity index (χ4n) is 1.27. The van der Waals surface area contributed by atoms with Gasteiger partial charge in [0, 0.05) is 13.1 Å². The molecule has 1 saturated heterocycles. The number of nitrogens with zero attached hydrogens (tertiary/aromatic N) is 1. The van der Waals surface area contributed by atoms with E-state index in [1.54, 1.807) is 0 Å². The number of hydrogen-bond acceptors (Lipinski definition) is 2. The highest BCUT2D eigenvalue weighted by molar-refractivity contribution is 9.10. The van der Waals surface area contributed by atoms with E-state index in [2.05, 4.69) is 15.9 Å². The van der Waals surface area contributed by atoms with Crippen LogP contribution >= 0.6 is 15.9 Å². The summed E-state index contributed by atoms with van der Waals surface area (Å²) < 4.78 is 5.33. The van der Waals surface area contributed by atoms with Crippen molar-refractivity contribution in [3.8, 4) is 0 Å². The van der Waals surface area contributed by atoms with Crippen molar-refractivity contribution in [3.05, 3.63) is 0 Å². The van der Waals surface area contributed by atoms with E-state index in [1.807, 2.05) is 18.7 Å². The summed E-state index contributed by atoms with van der Waals surface area (Å²) in [4.78, 5) is 13.2. The lowest BCUT2D eigenvalue weighted by molar-refractivity contribution is -0.137. The molecule has 3 nitrogen and oxygen atoms in total. The standard InChI is InChI=1S/C8H14BrNO2/c1-6-5-10(3-4-12-6)8(11)7(2)9/h6-7H,3-5H2,1-2H3. The number of rotatable bonds is 1. The van der Waals surface area contributed by atoms with Gasteiger partial charge in [-0.2, -0.15) is 0 Å². The third-order valence-corrected chi connectivity index (χ3v) is 2.28. The van der Waals surface area contributed by atoms with Gasteiger partial charge in [-0.05, 0) is 13.8 Å². The Labute approximate surface area is 81.2 Å². The average molecular weight is 236 g/mol. The summed E-state index contributed by atoms with van der Waals surface area (Å²) in [7, 11) is 0. The van der Waals surface area contributed by atoms with Crippen LogP contribution in [-0.2, 0) is 9.53 Å². The highest BCUT2D eigenvalue weighted by Crippen LogP contribution is 2.09. The molecule has 70 valence electrons. The van der Waals surface area contributed by atoms with Crippen LogP contribution in [0.1, 0.15) is 13.8 Å². The highest BCUT2D eigenvalue weighted by Gasteiger charge is 2.23. The van der Waals surface area contributed by atoms with Gasteiger partial charge >= 0.3 is 0 Å². The quantitative estimate of drug-likeness (QED) is 0.636. The Hall–Kier alpha value is -0.0900. The van der Waals surface area contributed by atoms with Crippen molar-refractivity contribution in [1.82, 2.24) is 4.90 Å². The second kappa shape index (κ2) is 4.23. The van der Waals surface area contributed by atoms with Crippen LogP contribution in [0, 0.1) is 0 Å². The maximum atomic E-state index is 11.5. The van der Waals surface area contributed by atoms with Crippen LogP contribution in [0.2, 0.25) is 0 Å². The lowest BCUT2D eigenvalue weighted by Gasteiger charge is -2.31. The summed E-state index contributed by atoms with van der Waals surface area (Å²) in [6.45, 7) is 5.93. The minimum absolute atomic E-state index is 0.0807. The molecule has 12 heavy (non-hydrogen) atoms.